The van der Waals surface area contributed by atoms with Crippen LogP contribution in [0.2, 0.25) is 0 Å². The van der Waals surface area contributed by atoms with E-state index in [1.165, 1.54) is 22.9 Å². The van der Waals surface area contributed by atoms with Gasteiger partial charge in [-0.05, 0) is 25.2 Å². The van der Waals surface area contributed by atoms with Gasteiger partial charge in [0.05, 0.1) is 0 Å². The average Bonchev–Trinajstić information content (AvgIpc) is 2.38. The molecule has 0 aliphatic heterocycles. The van der Waals surface area contributed by atoms with Crippen molar-refractivity contribution in [2.75, 3.05) is 23.9 Å². The highest BCUT2D eigenvalue weighted by Crippen LogP contribution is 2.15. The molecule has 0 aliphatic rings. The molecule has 0 bridgehead atoms. The highest BCUT2D eigenvalue weighted by Gasteiger charge is 2.01. The number of nitrogen functional groups attached to an aromatic ring is 1. The van der Waals surface area contributed by atoms with E-state index in [1.54, 1.807) is 6.07 Å². The van der Waals surface area contributed by atoms with Gasteiger partial charge in [-0.1, -0.05) is 41.6 Å². The number of hydrogen-bond donors (Lipinski definition) is 2. The Morgan fingerprint density at radius 3 is 2.84 bits per heavy atom. The topological polar surface area (TPSA) is 63.8 Å². The second kappa shape index (κ2) is 6.43. The van der Waals surface area contributed by atoms with Gasteiger partial charge in [0.1, 0.15) is 11.6 Å². The van der Waals surface area contributed by atoms with Gasteiger partial charge in [-0.15, -0.1) is 0 Å². The van der Waals surface area contributed by atoms with Crippen LogP contribution in [0.15, 0.2) is 35.5 Å². The van der Waals surface area contributed by atoms with Gasteiger partial charge in [0.25, 0.3) is 0 Å². The SMILES string of the molecule is CSc1nc(N)cc(NCCc2cccc(C)c2)n1. The Morgan fingerprint density at radius 1 is 1.26 bits per heavy atom. The minimum absolute atomic E-state index is 0.498. The molecule has 0 unspecified atom stereocenters. The maximum Gasteiger partial charge on any atom is 0.191 e. The lowest BCUT2D eigenvalue weighted by Crippen LogP contribution is -2.08. The van der Waals surface area contributed by atoms with Crippen LogP contribution in [0.3, 0.4) is 0 Å². The lowest BCUT2D eigenvalue weighted by molar-refractivity contribution is 0.946. The highest BCUT2D eigenvalue weighted by atomic mass is 32.2. The summed E-state index contributed by atoms with van der Waals surface area (Å²) in [6, 6.07) is 10.3. The van der Waals surface area contributed by atoms with Crippen molar-refractivity contribution < 1.29 is 0 Å². The zero-order valence-electron chi connectivity index (χ0n) is 11.2. The third-order valence-electron chi connectivity index (χ3n) is 2.71. The third kappa shape index (κ3) is 4.13. The van der Waals surface area contributed by atoms with Crippen LogP contribution in [0.5, 0.6) is 0 Å². The smallest absolute Gasteiger partial charge is 0.191 e. The van der Waals surface area contributed by atoms with Crippen molar-refractivity contribution in [1.29, 1.82) is 0 Å². The lowest BCUT2D eigenvalue weighted by atomic mass is 10.1. The molecule has 5 heteroatoms. The molecule has 0 atom stereocenters. The summed E-state index contributed by atoms with van der Waals surface area (Å²) in [4.78, 5) is 8.48. The number of rotatable bonds is 5. The van der Waals surface area contributed by atoms with Crippen molar-refractivity contribution in [3.63, 3.8) is 0 Å². The minimum Gasteiger partial charge on any atom is -0.383 e. The summed E-state index contributed by atoms with van der Waals surface area (Å²) in [5.41, 5.74) is 8.34. The molecule has 0 saturated heterocycles. The van der Waals surface area contributed by atoms with Gasteiger partial charge in [-0.25, -0.2) is 9.97 Å². The quantitative estimate of drug-likeness (QED) is 0.648. The summed E-state index contributed by atoms with van der Waals surface area (Å²) in [5.74, 6) is 1.28. The summed E-state index contributed by atoms with van der Waals surface area (Å²) in [6.45, 7) is 2.93. The van der Waals surface area contributed by atoms with Crippen molar-refractivity contribution >= 4 is 23.4 Å². The molecule has 2 aromatic rings. The number of thioether (sulfide) groups is 1. The van der Waals surface area contributed by atoms with Crippen molar-refractivity contribution in [3.05, 3.63) is 41.5 Å². The predicted octanol–water partition coefficient (Wildman–Crippen LogP) is 2.74. The molecule has 19 heavy (non-hydrogen) atoms. The fourth-order valence-corrected chi connectivity index (χ4v) is 2.21. The van der Waals surface area contributed by atoms with E-state index in [9.17, 15) is 0 Å². The number of nitrogens with zero attached hydrogens (tertiary/aromatic N) is 2. The minimum atomic E-state index is 0.498. The van der Waals surface area contributed by atoms with Crippen molar-refractivity contribution in [1.82, 2.24) is 9.97 Å². The molecule has 0 radical (unpaired) electrons. The molecule has 2 rings (SSSR count). The number of aromatic nitrogens is 2. The van der Waals surface area contributed by atoms with Gasteiger partial charge in [0, 0.05) is 12.6 Å². The van der Waals surface area contributed by atoms with Crippen molar-refractivity contribution in [2.24, 2.45) is 0 Å². The average molecular weight is 274 g/mol. The van der Waals surface area contributed by atoms with E-state index in [2.05, 4.69) is 46.5 Å². The number of nitrogens with two attached hydrogens (primary N) is 1. The fraction of sp³-hybridized carbons (Fsp3) is 0.286. The molecular formula is C14H18N4S. The third-order valence-corrected chi connectivity index (χ3v) is 3.26. The van der Waals surface area contributed by atoms with Gasteiger partial charge in [0.15, 0.2) is 5.16 Å². The number of aryl methyl sites for hydroxylation is 1. The molecule has 0 fully saturated rings. The van der Waals surface area contributed by atoms with Crippen LogP contribution >= 0.6 is 11.8 Å². The molecule has 3 N–H and O–H groups in total. The first-order chi connectivity index (χ1) is 9.17. The molecule has 4 nitrogen and oxygen atoms in total. The number of hydrogen-bond acceptors (Lipinski definition) is 5. The van der Waals surface area contributed by atoms with Crippen LogP contribution in [0, 0.1) is 6.92 Å². The molecule has 1 heterocycles. The first kappa shape index (κ1) is 13.7. The zero-order valence-corrected chi connectivity index (χ0v) is 12.0. The molecule has 0 amide bonds. The summed E-state index contributed by atoms with van der Waals surface area (Å²) in [5, 5.41) is 3.98. The summed E-state index contributed by atoms with van der Waals surface area (Å²) < 4.78 is 0. The Kier molecular flexibility index (Phi) is 4.63. The fourth-order valence-electron chi connectivity index (χ4n) is 1.83. The maximum absolute atomic E-state index is 5.73. The molecule has 1 aromatic heterocycles. The Labute approximate surface area is 117 Å². The van der Waals surface area contributed by atoms with Crippen LogP contribution in [0.25, 0.3) is 0 Å². The number of benzene rings is 1. The van der Waals surface area contributed by atoms with Gasteiger partial charge >= 0.3 is 0 Å². The molecule has 0 aliphatic carbocycles. The van der Waals surface area contributed by atoms with E-state index in [0.29, 0.717) is 11.0 Å². The van der Waals surface area contributed by atoms with E-state index in [0.717, 1.165) is 18.8 Å². The van der Waals surface area contributed by atoms with Gasteiger partial charge in [-0.3, -0.25) is 0 Å². The monoisotopic (exact) mass is 274 g/mol. The summed E-state index contributed by atoms with van der Waals surface area (Å²) in [7, 11) is 0. The molecular weight excluding hydrogens is 256 g/mol. The molecule has 100 valence electrons. The van der Waals surface area contributed by atoms with Crippen molar-refractivity contribution in [3.8, 4) is 0 Å². The van der Waals surface area contributed by atoms with Crippen LogP contribution in [0.4, 0.5) is 11.6 Å². The largest absolute Gasteiger partial charge is 0.383 e. The molecule has 0 saturated carbocycles. The number of nitrogens with one attached hydrogen (secondary N) is 1. The normalized spacial score (nSPS) is 10.4. The molecule has 0 spiro atoms. The van der Waals surface area contributed by atoms with Crippen LogP contribution in [-0.2, 0) is 6.42 Å². The Bertz CT molecular complexity index is 557. The standard InChI is InChI=1S/C14H18N4S/c1-10-4-3-5-11(8-10)6-7-16-13-9-12(15)17-14(18-13)19-2/h3-5,8-9H,6-7H2,1-2H3,(H3,15,16,17,18). The van der Waals surface area contributed by atoms with Crippen LogP contribution in [0.1, 0.15) is 11.1 Å². The number of anilines is 2. The highest BCUT2D eigenvalue weighted by molar-refractivity contribution is 7.98. The van der Waals surface area contributed by atoms with Gasteiger partial charge in [-0.2, -0.15) is 0 Å². The zero-order chi connectivity index (χ0) is 13.7. The Morgan fingerprint density at radius 2 is 2.11 bits per heavy atom. The maximum atomic E-state index is 5.73. The second-order valence-electron chi connectivity index (χ2n) is 4.33. The Hall–Kier alpha value is -1.75. The lowest BCUT2D eigenvalue weighted by Gasteiger charge is -2.08. The summed E-state index contributed by atoms with van der Waals surface area (Å²) >= 11 is 1.49. The summed E-state index contributed by atoms with van der Waals surface area (Å²) in [6.07, 6.45) is 2.89. The van der Waals surface area contributed by atoms with E-state index < -0.39 is 0 Å². The van der Waals surface area contributed by atoms with Gasteiger partial charge in [0.2, 0.25) is 0 Å². The van der Waals surface area contributed by atoms with Crippen molar-refractivity contribution in [2.45, 2.75) is 18.5 Å². The molecule has 1 aromatic carbocycles. The first-order valence-electron chi connectivity index (χ1n) is 6.15. The first-order valence-corrected chi connectivity index (χ1v) is 7.38. The van der Waals surface area contributed by atoms with E-state index >= 15 is 0 Å². The Balaban J connectivity index is 1.94. The van der Waals surface area contributed by atoms with E-state index in [1.807, 2.05) is 6.26 Å². The van der Waals surface area contributed by atoms with E-state index in [4.69, 9.17) is 5.73 Å². The van der Waals surface area contributed by atoms with Gasteiger partial charge < -0.3 is 11.1 Å². The van der Waals surface area contributed by atoms with Crippen LogP contribution < -0.4 is 11.1 Å². The predicted molar refractivity (Wildman–Crippen MR) is 81.6 cm³/mol. The second-order valence-corrected chi connectivity index (χ2v) is 5.10. The van der Waals surface area contributed by atoms with Crippen LogP contribution in [-0.4, -0.2) is 22.8 Å². The van der Waals surface area contributed by atoms with E-state index in [-0.39, 0.29) is 0 Å².